The standard InChI is InChI=1S/C12H11BrF3N3O/c1-11(4-5-17-19-11)10(20)18-7-2-3-9(13)8(6-7)12(14,15)16/h2-3,5-6,19H,4H2,1H3,(H,18,20). The lowest BCUT2D eigenvalue weighted by atomic mass is 9.99. The molecule has 8 heteroatoms. The highest BCUT2D eigenvalue weighted by molar-refractivity contribution is 9.10. The fourth-order valence-corrected chi connectivity index (χ4v) is 2.17. The van der Waals surface area contributed by atoms with Crippen molar-refractivity contribution in [3.8, 4) is 0 Å². The van der Waals surface area contributed by atoms with Crippen molar-refractivity contribution in [2.75, 3.05) is 5.32 Å². The summed E-state index contributed by atoms with van der Waals surface area (Å²) in [4.78, 5) is 12.0. The van der Waals surface area contributed by atoms with Crippen LogP contribution >= 0.6 is 15.9 Å². The van der Waals surface area contributed by atoms with Crippen LogP contribution in [-0.4, -0.2) is 17.7 Å². The van der Waals surface area contributed by atoms with Crippen LogP contribution in [0.5, 0.6) is 0 Å². The van der Waals surface area contributed by atoms with Crippen LogP contribution in [0.2, 0.25) is 0 Å². The van der Waals surface area contributed by atoms with Crippen LogP contribution in [0.1, 0.15) is 18.9 Å². The summed E-state index contributed by atoms with van der Waals surface area (Å²) < 4.78 is 38.2. The Bertz CT molecular complexity index is 564. The Labute approximate surface area is 121 Å². The number of carbonyl (C=O) groups excluding carboxylic acids is 1. The maximum absolute atomic E-state index is 12.8. The van der Waals surface area contributed by atoms with Gasteiger partial charge in [0.15, 0.2) is 0 Å². The van der Waals surface area contributed by atoms with E-state index in [1.54, 1.807) is 13.1 Å². The van der Waals surface area contributed by atoms with Crippen molar-refractivity contribution in [2.24, 2.45) is 5.10 Å². The Morgan fingerprint density at radius 2 is 2.20 bits per heavy atom. The number of alkyl halides is 3. The first kappa shape index (κ1) is 14.8. The number of anilines is 1. The molecule has 0 radical (unpaired) electrons. The van der Waals surface area contributed by atoms with Gasteiger partial charge in [-0.05, 0) is 25.1 Å². The van der Waals surface area contributed by atoms with Crippen LogP contribution in [0.3, 0.4) is 0 Å². The van der Waals surface area contributed by atoms with Crippen molar-refractivity contribution < 1.29 is 18.0 Å². The lowest BCUT2D eigenvalue weighted by molar-refractivity contribution is -0.138. The number of benzene rings is 1. The van der Waals surface area contributed by atoms with Gasteiger partial charge in [0, 0.05) is 22.8 Å². The van der Waals surface area contributed by atoms with E-state index in [1.807, 2.05) is 0 Å². The SMILES string of the molecule is CC1(C(=O)Nc2ccc(Br)c(C(F)(F)F)c2)CC=NN1. The first-order chi connectivity index (χ1) is 9.22. The number of hydrazone groups is 1. The summed E-state index contributed by atoms with van der Waals surface area (Å²) in [7, 11) is 0. The molecule has 1 unspecified atom stereocenters. The molecule has 1 amide bonds. The highest BCUT2D eigenvalue weighted by Crippen LogP contribution is 2.36. The molecule has 0 saturated heterocycles. The lowest BCUT2D eigenvalue weighted by Gasteiger charge is -2.22. The normalized spacial score (nSPS) is 21.6. The fourth-order valence-electron chi connectivity index (χ4n) is 1.69. The first-order valence-corrected chi connectivity index (χ1v) is 6.48. The minimum atomic E-state index is -4.49. The molecule has 0 bridgehead atoms. The van der Waals surface area contributed by atoms with Gasteiger partial charge in [-0.2, -0.15) is 18.3 Å². The van der Waals surface area contributed by atoms with E-state index in [9.17, 15) is 18.0 Å². The highest BCUT2D eigenvalue weighted by Gasteiger charge is 2.36. The Balaban J connectivity index is 2.20. The van der Waals surface area contributed by atoms with Gasteiger partial charge in [0.2, 0.25) is 0 Å². The summed E-state index contributed by atoms with van der Waals surface area (Å²) in [5.74, 6) is -0.439. The second kappa shape index (κ2) is 5.08. The summed E-state index contributed by atoms with van der Waals surface area (Å²) in [6.45, 7) is 1.62. The number of hydrogen-bond donors (Lipinski definition) is 2. The van der Waals surface area contributed by atoms with Gasteiger partial charge in [-0.15, -0.1) is 0 Å². The number of halogens is 4. The molecule has 20 heavy (non-hydrogen) atoms. The first-order valence-electron chi connectivity index (χ1n) is 5.69. The van der Waals surface area contributed by atoms with Crippen LogP contribution in [0.15, 0.2) is 27.8 Å². The van der Waals surface area contributed by atoms with E-state index in [1.165, 1.54) is 12.1 Å². The monoisotopic (exact) mass is 349 g/mol. The highest BCUT2D eigenvalue weighted by atomic mass is 79.9. The molecule has 108 valence electrons. The van der Waals surface area contributed by atoms with E-state index in [-0.39, 0.29) is 10.2 Å². The molecule has 1 aromatic carbocycles. The van der Waals surface area contributed by atoms with Gasteiger partial charge in [-0.1, -0.05) is 15.9 Å². The third-order valence-corrected chi connectivity index (χ3v) is 3.62. The van der Waals surface area contributed by atoms with E-state index in [0.29, 0.717) is 6.42 Å². The van der Waals surface area contributed by atoms with E-state index < -0.39 is 23.2 Å². The summed E-state index contributed by atoms with van der Waals surface area (Å²) in [6.07, 6.45) is -2.57. The minimum absolute atomic E-state index is 0.0727. The molecule has 2 rings (SSSR count). The summed E-state index contributed by atoms with van der Waals surface area (Å²) >= 11 is 2.84. The predicted octanol–water partition coefficient (Wildman–Crippen LogP) is 3.14. The second-order valence-corrected chi connectivity index (χ2v) is 5.46. The average Bonchev–Trinajstić information content (AvgIpc) is 2.78. The summed E-state index contributed by atoms with van der Waals surface area (Å²) in [6, 6.07) is 3.54. The van der Waals surface area contributed by atoms with Gasteiger partial charge < -0.3 is 5.32 Å². The molecule has 0 aliphatic carbocycles. The molecule has 1 atom stereocenters. The number of rotatable bonds is 2. The van der Waals surface area contributed by atoms with Gasteiger partial charge in [0.25, 0.3) is 5.91 Å². The molecule has 0 fully saturated rings. The summed E-state index contributed by atoms with van der Waals surface area (Å²) in [5, 5.41) is 6.21. The number of carbonyl (C=O) groups is 1. The van der Waals surface area contributed by atoms with Crippen molar-refractivity contribution >= 4 is 33.7 Å². The Morgan fingerprint density at radius 1 is 1.50 bits per heavy atom. The predicted molar refractivity (Wildman–Crippen MR) is 72.4 cm³/mol. The van der Waals surface area contributed by atoms with Gasteiger partial charge in [0.1, 0.15) is 5.54 Å². The Kier molecular flexibility index (Phi) is 3.77. The molecule has 0 saturated carbocycles. The van der Waals surface area contributed by atoms with Gasteiger partial charge >= 0.3 is 6.18 Å². The molecular formula is C12H11BrF3N3O. The van der Waals surface area contributed by atoms with Crippen LogP contribution in [0, 0.1) is 0 Å². The molecule has 0 spiro atoms. The van der Waals surface area contributed by atoms with Crippen molar-refractivity contribution in [3.63, 3.8) is 0 Å². The smallest absolute Gasteiger partial charge is 0.324 e. The van der Waals surface area contributed by atoms with Crippen molar-refractivity contribution in [2.45, 2.75) is 25.1 Å². The molecule has 4 nitrogen and oxygen atoms in total. The molecule has 1 aliphatic heterocycles. The quantitative estimate of drug-likeness (QED) is 0.861. The lowest BCUT2D eigenvalue weighted by Crippen LogP contribution is -2.47. The largest absolute Gasteiger partial charge is 0.417 e. The third kappa shape index (κ3) is 2.95. The zero-order valence-corrected chi connectivity index (χ0v) is 12.0. The number of amides is 1. The van der Waals surface area contributed by atoms with Crippen molar-refractivity contribution in [3.05, 3.63) is 28.2 Å². The zero-order valence-electron chi connectivity index (χ0n) is 10.4. The summed E-state index contributed by atoms with van der Waals surface area (Å²) in [5.41, 5.74) is 0.943. The Hall–Kier alpha value is -1.57. The number of nitrogens with zero attached hydrogens (tertiary/aromatic N) is 1. The van der Waals surface area contributed by atoms with Gasteiger partial charge in [0.05, 0.1) is 5.56 Å². The average molecular weight is 350 g/mol. The van der Waals surface area contributed by atoms with E-state index in [0.717, 1.165) is 6.07 Å². The zero-order chi connectivity index (χ0) is 15.0. The van der Waals surface area contributed by atoms with Crippen molar-refractivity contribution in [1.29, 1.82) is 0 Å². The molecule has 1 aromatic rings. The molecule has 1 aliphatic rings. The van der Waals surface area contributed by atoms with Crippen LogP contribution < -0.4 is 10.7 Å². The van der Waals surface area contributed by atoms with E-state index >= 15 is 0 Å². The topological polar surface area (TPSA) is 53.5 Å². The number of hydrogen-bond acceptors (Lipinski definition) is 3. The van der Waals surface area contributed by atoms with Crippen LogP contribution in [0.4, 0.5) is 18.9 Å². The third-order valence-electron chi connectivity index (χ3n) is 2.93. The second-order valence-electron chi connectivity index (χ2n) is 4.61. The molecule has 0 aromatic heterocycles. The number of nitrogens with one attached hydrogen (secondary N) is 2. The van der Waals surface area contributed by atoms with Crippen LogP contribution in [-0.2, 0) is 11.0 Å². The van der Waals surface area contributed by atoms with E-state index in [4.69, 9.17) is 0 Å². The minimum Gasteiger partial charge on any atom is -0.324 e. The maximum Gasteiger partial charge on any atom is 0.417 e. The molecular weight excluding hydrogens is 339 g/mol. The van der Waals surface area contributed by atoms with Crippen LogP contribution in [0.25, 0.3) is 0 Å². The Morgan fingerprint density at radius 3 is 2.75 bits per heavy atom. The fraction of sp³-hybridized carbons (Fsp3) is 0.333. The van der Waals surface area contributed by atoms with Crippen molar-refractivity contribution in [1.82, 2.24) is 5.43 Å². The maximum atomic E-state index is 12.8. The van der Waals surface area contributed by atoms with Gasteiger partial charge in [-0.3, -0.25) is 10.2 Å². The molecule has 2 N–H and O–H groups in total. The van der Waals surface area contributed by atoms with Gasteiger partial charge in [-0.25, -0.2) is 0 Å². The van der Waals surface area contributed by atoms with E-state index in [2.05, 4.69) is 31.8 Å². The molecule has 1 heterocycles.